The second kappa shape index (κ2) is 7.14. The number of amides is 1. The van der Waals surface area contributed by atoms with E-state index in [1.165, 1.54) is 12.1 Å². The van der Waals surface area contributed by atoms with Crippen molar-refractivity contribution in [3.05, 3.63) is 59.7 Å². The molecule has 1 heterocycles. The predicted octanol–water partition coefficient (Wildman–Crippen LogP) is 3.37. The molecule has 0 aromatic heterocycles. The number of piperazine rings is 1. The van der Waals surface area contributed by atoms with Gasteiger partial charge in [0.05, 0.1) is 5.56 Å². The Morgan fingerprint density at radius 3 is 2.36 bits per heavy atom. The summed E-state index contributed by atoms with van der Waals surface area (Å²) in [7, 11) is 0. The molecule has 3 rings (SSSR count). The molecule has 0 atom stereocenters. The van der Waals surface area contributed by atoms with E-state index in [1.54, 1.807) is 35.2 Å². The van der Waals surface area contributed by atoms with E-state index in [2.05, 4.69) is 10.6 Å². The molecule has 7 heteroatoms. The zero-order chi connectivity index (χ0) is 17.9. The van der Waals surface area contributed by atoms with E-state index in [-0.39, 0.29) is 11.4 Å². The SMILES string of the molecule is O=C(Nc1ccc(N2CCNCC2)c(C(F)(F)F)c1)c1ccccc1. The number of anilines is 2. The lowest BCUT2D eigenvalue weighted by molar-refractivity contribution is -0.137. The first-order valence-corrected chi connectivity index (χ1v) is 7.98. The van der Waals surface area contributed by atoms with E-state index < -0.39 is 17.6 Å². The third kappa shape index (κ3) is 4.11. The highest BCUT2D eigenvalue weighted by Crippen LogP contribution is 2.38. The molecule has 2 N–H and O–H groups in total. The molecule has 4 nitrogen and oxygen atoms in total. The molecule has 0 bridgehead atoms. The minimum Gasteiger partial charge on any atom is -0.368 e. The monoisotopic (exact) mass is 349 g/mol. The van der Waals surface area contributed by atoms with Gasteiger partial charge < -0.3 is 15.5 Å². The number of nitrogens with zero attached hydrogens (tertiary/aromatic N) is 1. The van der Waals surface area contributed by atoms with Crippen LogP contribution in [0.25, 0.3) is 0 Å². The number of carbonyl (C=O) groups is 1. The number of hydrogen-bond acceptors (Lipinski definition) is 3. The molecule has 132 valence electrons. The second-order valence-corrected chi connectivity index (χ2v) is 5.79. The summed E-state index contributed by atoms with van der Waals surface area (Å²) in [5, 5.41) is 5.65. The largest absolute Gasteiger partial charge is 0.418 e. The summed E-state index contributed by atoms with van der Waals surface area (Å²) < 4.78 is 40.5. The molecule has 25 heavy (non-hydrogen) atoms. The van der Waals surface area contributed by atoms with Crippen LogP contribution >= 0.6 is 0 Å². The highest BCUT2D eigenvalue weighted by molar-refractivity contribution is 6.04. The first kappa shape index (κ1) is 17.3. The number of alkyl halides is 3. The Morgan fingerprint density at radius 1 is 1.04 bits per heavy atom. The molecule has 1 fully saturated rings. The van der Waals surface area contributed by atoms with Gasteiger partial charge in [-0.1, -0.05) is 18.2 Å². The summed E-state index contributed by atoms with van der Waals surface area (Å²) in [5.74, 6) is -0.441. The van der Waals surface area contributed by atoms with Crippen molar-refractivity contribution in [3.63, 3.8) is 0 Å². The lowest BCUT2D eigenvalue weighted by Gasteiger charge is -2.31. The van der Waals surface area contributed by atoms with E-state index in [0.717, 1.165) is 6.07 Å². The van der Waals surface area contributed by atoms with Crippen LogP contribution in [0, 0.1) is 0 Å². The van der Waals surface area contributed by atoms with Crippen molar-refractivity contribution in [3.8, 4) is 0 Å². The van der Waals surface area contributed by atoms with Crippen LogP contribution in [0.5, 0.6) is 0 Å². The fraction of sp³-hybridized carbons (Fsp3) is 0.278. The Morgan fingerprint density at radius 2 is 1.72 bits per heavy atom. The first-order valence-electron chi connectivity index (χ1n) is 7.98. The van der Waals surface area contributed by atoms with Crippen LogP contribution in [-0.4, -0.2) is 32.1 Å². The van der Waals surface area contributed by atoms with Crippen LogP contribution in [0.3, 0.4) is 0 Å². The number of carbonyl (C=O) groups excluding carboxylic acids is 1. The molecule has 2 aromatic rings. The van der Waals surface area contributed by atoms with Gasteiger partial charge in [0.25, 0.3) is 5.91 Å². The highest BCUT2D eigenvalue weighted by atomic mass is 19.4. The zero-order valence-electron chi connectivity index (χ0n) is 13.4. The third-order valence-electron chi connectivity index (χ3n) is 4.05. The summed E-state index contributed by atoms with van der Waals surface area (Å²) >= 11 is 0. The van der Waals surface area contributed by atoms with Crippen molar-refractivity contribution in [2.45, 2.75) is 6.18 Å². The van der Waals surface area contributed by atoms with E-state index in [9.17, 15) is 18.0 Å². The van der Waals surface area contributed by atoms with Crippen LogP contribution in [0.4, 0.5) is 24.5 Å². The maximum absolute atomic E-state index is 13.5. The highest BCUT2D eigenvalue weighted by Gasteiger charge is 2.35. The fourth-order valence-corrected chi connectivity index (χ4v) is 2.82. The van der Waals surface area contributed by atoms with Gasteiger partial charge in [0.15, 0.2) is 0 Å². The van der Waals surface area contributed by atoms with Crippen molar-refractivity contribution in [1.82, 2.24) is 5.32 Å². The third-order valence-corrected chi connectivity index (χ3v) is 4.05. The number of nitrogens with one attached hydrogen (secondary N) is 2. The van der Waals surface area contributed by atoms with Crippen LogP contribution in [0.1, 0.15) is 15.9 Å². The normalized spacial score (nSPS) is 15.1. The van der Waals surface area contributed by atoms with E-state index >= 15 is 0 Å². The maximum Gasteiger partial charge on any atom is 0.418 e. The Kier molecular flexibility index (Phi) is 4.94. The van der Waals surface area contributed by atoms with E-state index in [0.29, 0.717) is 31.7 Å². The van der Waals surface area contributed by atoms with Crippen molar-refractivity contribution in [2.75, 3.05) is 36.4 Å². The zero-order valence-corrected chi connectivity index (χ0v) is 13.4. The summed E-state index contributed by atoms with van der Waals surface area (Å²) in [4.78, 5) is 13.9. The van der Waals surface area contributed by atoms with Crippen LogP contribution in [0.2, 0.25) is 0 Å². The summed E-state index contributed by atoms with van der Waals surface area (Å²) in [6.45, 7) is 2.31. The van der Waals surface area contributed by atoms with Gasteiger partial charge >= 0.3 is 6.18 Å². The molecule has 1 aliphatic heterocycles. The molecule has 0 radical (unpaired) electrons. The minimum atomic E-state index is -4.49. The number of rotatable bonds is 3. The molecule has 0 unspecified atom stereocenters. The van der Waals surface area contributed by atoms with Gasteiger partial charge in [0.1, 0.15) is 0 Å². The number of halogens is 3. The van der Waals surface area contributed by atoms with E-state index in [1.807, 2.05) is 0 Å². The smallest absolute Gasteiger partial charge is 0.368 e. The number of hydrogen-bond donors (Lipinski definition) is 2. The molecule has 0 saturated carbocycles. The van der Waals surface area contributed by atoms with Crippen molar-refractivity contribution >= 4 is 17.3 Å². The molecule has 0 aliphatic carbocycles. The summed E-state index contributed by atoms with van der Waals surface area (Å²) in [6, 6.07) is 12.3. The molecule has 1 saturated heterocycles. The Balaban J connectivity index is 1.87. The lowest BCUT2D eigenvalue weighted by atomic mass is 10.1. The van der Waals surface area contributed by atoms with Gasteiger partial charge in [0.2, 0.25) is 0 Å². The molecule has 1 aliphatic rings. The standard InChI is InChI=1S/C18H18F3N3O/c19-18(20,21)15-12-14(23-17(25)13-4-2-1-3-5-13)6-7-16(15)24-10-8-22-9-11-24/h1-7,12,22H,8-11H2,(H,23,25). The predicted molar refractivity (Wildman–Crippen MR) is 90.9 cm³/mol. The van der Waals surface area contributed by atoms with Gasteiger partial charge in [-0.15, -0.1) is 0 Å². The van der Waals surface area contributed by atoms with Gasteiger partial charge in [-0.25, -0.2) is 0 Å². The molecular weight excluding hydrogens is 331 g/mol. The molecule has 0 spiro atoms. The minimum absolute atomic E-state index is 0.125. The van der Waals surface area contributed by atoms with Gasteiger partial charge in [0, 0.05) is 43.1 Å². The Bertz CT molecular complexity index is 741. The molecule has 1 amide bonds. The Hall–Kier alpha value is -2.54. The molecule has 2 aromatic carbocycles. The topological polar surface area (TPSA) is 44.4 Å². The van der Waals surface area contributed by atoms with Gasteiger partial charge in [-0.2, -0.15) is 13.2 Å². The first-order chi connectivity index (χ1) is 11.9. The van der Waals surface area contributed by atoms with Crippen molar-refractivity contribution in [2.24, 2.45) is 0 Å². The van der Waals surface area contributed by atoms with Crippen molar-refractivity contribution < 1.29 is 18.0 Å². The Labute approximate surface area is 143 Å². The van der Waals surface area contributed by atoms with Crippen molar-refractivity contribution in [1.29, 1.82) is 0 Å². The van der Waals surface area contributed by atoms with Crippen LogP contribution in [0.15, 0.2) is 48.5 Å². The van der Waals surface area contributed by atoms with Crippen LogP contribution in [-0.2, 0) is 6.18 Å². The average molecular weight is 349 g/mol. The van der Waals surface area contributed by atoms with Gasteiger partial charge in [-0.05, 0) is 30.3 Å². The summed E-state index contributed by atoms with van der Waals surface area (Å²) in [5.41, 5.74) is -0.0747. The quantitative estimate of drug-likeness (QED) is 0.893. The number of benzene rings is 2. The summed E-state index contributed by atoms with van der Waals surface area (Å²) in [6.07, 6.45) is -4.49. The van der Waals surface area contributed by atoms with Crippen LogP contribution < -0.4 is 15.5 Å². The fourth-order valence-electron chi connectivity index (χ4n) is 2.82. The van der Waals surface area contributed by atoms with E-state index in [4.69, 9.17) is 0 Å². The van der Waals surface area contributed by atoms with Gasteiger partial charge in [-0.3, -0.25) is 4.79 Å². The molecular formula is C18H18F3N3O. The lowest BCUT2D eigenvalue weighted by Crippen LogP contribution is -2.44. The maximum atomic E-state index is 13.5. The average Bonchev–Trinajstić information content (AvgIpc) is 2.62. The second-order valence-electron chi connectivity index (χ2n) is 5.79.